The van der Waals surface area contributed by atoms with Gasteiger partial charge >= 0.3 is 17.1 Å². The first-order valence-electron chi connectivity index (χ1n) is 0. The van der Waals surface area contributed by atoms with Crippen LogP contribution in [0, 0.1) is 0 Å². The monoisotopic (exact) mass is 259 g/mol. The van der Waals surface area contributed by atoms with E-state index in [0.29, 0.717) is 0 Å². The Labute approximate surface area is 80.6 Å². The third-order valence-electron chi connectivity index (χ3n) is 0. The van der Waals surface area contributed by atoms with Gasteiger partial charge in [-0.05, 0) is 0 Å². The normalized spacial score (nSPS) is 0. The molecule has 0 fully saturated rings. The largest absolute Gasteiger partial charge is 2.00 e. The number of halogens is 2. The molecular weight excluding hydrogens is 246 g/mol. The van der Waals surface area contributed by atoms with Crippen LogP contribution in [0.5, 0.6) is 0 Å². The van der Waals surface area contributed by atoms with E-state index in [4.69, 9.17) is 0 Å². The van der Waals surface area contributed by atoms with Crippen LogP contribution in [-0.2, 0) is 17.1 Å². The summed E-state index contributed by atoms with van der Waals surface area (Å²) in [6.07, 6.45) is 0. The van der Waals surface area contributed by atoms with Gasteiger partial charge in [0.25, 0.3) is 0 Å². The van der Waals surface area contributed by atoms with Crippen LogP contribution >= 0.6 is 0 Å². The Morgan fingerprint density at radius 2 is 0.300 bits per heavy atom. The number of hydrogen-bond donors (Lipinski definition) is 0. The average Bonchev–Trinajstić information content (AvgIpc) is 0. The molecule has 0 rings (SSSR count). The van der Waals surface area contributed by atoms with E-state index in [2.05, 4.69) is 0 Å². The molecule has 0 heterocycles. The van der Waals surface area contributed by atoms with Crippen LogP contribution in [0.3, 0.4) is 0 Å². The Kier molecular flexibility index (Phi) is 177000. The molecule has 0 aliphatic carbocycles. The SMILES string of the molecule is O.O.O.O.O.O.O.[Cl-].[Cl-].[Cu+2]. The Morgan fingerprint density at radius 3 is 0.300 bits per heavy atom. The summed E-state index contributed by atoms with van der Waals surface area (Å²) in [6, 6.07) is 0. The predicted octanol–water partition coefficient (Wildman–Crippen LogP) is -11.8. The van der Waals surface area contributed by atoms with Crippen molar-refractivity contribution in [1.82, 2.24) is 0 Å². The van der Waals surface area contributed by atoms with Crippen LogP contribution < -0.4 is 24.8 Å². The summed E-state index contributed by atoms with van der Waals surface area (Å²) < 4.78 is 0. The first-order chi connectivity index (χ1) is 0. The van der Waals surface area contributed by atoms with Gasteiger partial charge < -0.3 is 63.1 Å². The molecule has 0 aromatic rings. The second-order valence-corrected chi connectivity index (χ2v) is 0. The molecule has 0 aliphatic rings. The molecule has 0 saturated heterocycles. The summed E-state index contributed by atoms with van der Waals surface area (Å²) in [5.74, 6) is 0. The fraction of sp³-hybridized carbons (Fsp3) is 0. The summed E-state index contributed by atoms with van der Waals surface area (Å²) >= 11 is 0. The van der Waals surface area contributed by atoms with Crippen LogP contribution in [0.4, 0.5) is 0 Å². The minimum absolute atomic E-state index is 0. The molecular formula is H14Cl2CuO7. The molecule has 0 atom stereocenters. The standard InChI is InChI=1S/2ClH.Cu.7H2O/h2*1H;;7*1H2/q;;+2;;;;;;;/p-2. The van der Waals surface area contributed by atoms with Crippen LogP contribution in [0.1, 0.15) is 0 Å². The van der Waals surface area contributed by atoms with Crippen LogP contribution in [0.15, 0.2) is 0 Å². The average molecular weight is 261 g/mol. The van der Waals surface area contributed by atoms with Crippen LogP contribution in [0.2, 0.25) is 0 Å². The van der Waals surface area contributed by atoms with Crippen molar-refractivity contribution in [2.24, 2.45) is 0 Å². The fourth-order valence-corrected chi connectivity index (χ4v) is 0. The molecule has 10 heteroatoms. The molecule has 0 saturated carbocycles. The molecule has 0 spiro atoms. The molecule has 7 nitrogen and oxygen atoms in total. The van der Waals surface area contributed by atoms with E-state index in [9.17, 15) is 0 Å². The van der Waals surface area contributed by atoms with Crippen molar-refractivity contribution >= 4 is 0 Å². The van der Waals surface area contributed by atoms with Gasteiger partial charge in [-0.25, -0.2) is 0 Å². The zero-order chi connectivity index (χ0) is 0. The topological polar surface area (TPSA) is 220 Å². The Balaban J connectivity index is 0. The van der Waals surface area contributed by atoms with Gasteiger partial charge in [0, 0.05) is 0 Å². The first kappa shape index (κ1) is 1550. The van der Waals surface area contributed by atoms with Crippen molar-refractivity contribution in [2.75, 3.05) is 0 Å². The summed E-state index contributed by atoms with van der Waals surface area (Å²) in [5.41, 5.74) is 0. The molecule has 0 amide bonds. The minimum Gasteiger partial charge on any atom is -1.00 e. The smallest absolute Gasteiger partial charge is 1.00 e. The molecule has 81 valence electrons. The van der Waals surface area contributed by atoms with Gasteiger partial charge in [0.1, 0.15) is 0 Å². The van der Waals surface area contributed by atoms with E-state index in [1.165, 1.54) is 0 Å². The van der Waals surface area contributed by atoms with E-state index in [1.54, 1.807) is 0 Å². The Morgan fingerprint density at radius 1 is 0.300 bits per heavy atom. The van der Waals surface area contributed by atoms with Gasteiger partial charge in [0.15, 0.2) is 0 Å². The quantitative estimate of drug-likeness (QED) is 0.370. The zero-order valence-electron chi connectivity index (χ0n) is 4.56. The second kappa shape index (κ2) is 1140. The zero-order valence-corrected chi connectivity index (χ0v) is 7.01. The van der Waals surface area contributed by atoms with Crippen molar-refractivity contribution in [3.05, 3.63) is 0 Å². The van der Waals surface area contributed by atoms with Gasteiger partial charge in [-0.2, -0.15) is 0 Å². The van der Waals surface area contributed by atoms with Gasteiger partial charge in [-0.15, -0.1) is 0 Å². The van der Waals surface area contributed by atoms with Gasteiger partial charge in [0.05, 0.1) is 0 Å². The van der Waals surface area contributed by atoms with E-state index in [-0.39, 0.29) is 80.2 Å². The van der Waals surface area contributed by atoms with Crippen molar-refractivity contribution in [3.63, 3.8) is 0 Å². The molecule has 1 radical (unpaired) electrons. The number of rotatable bonds is 0. The second-order valence-electron chi connectivity index (χ2n) is 0. The van der Waals surface area contributed by atoms with E-state index in [1.807, 2.05) is 0 Å². The van der Waals surface area contributed by atoms with E-state index >= 15 is 0 Å². The maximum Gasteiger partial charge on any atom is 2.00 e. The maximum absolute atomic E-state index is 0. The minimum atomic E-state index is 0. The van der Waals surface area contributed by atoms with Gasteiger partial charge in [-0.3, -0.25) is 0 Å². The molecule has 14 N–H and O–H groups in total. The van der Waals surface area contributed by atoms with Gasteiger partial charge in [-0.1, -0.05) is 0 Å². The number of hydrogen-bond acceptors (Lipinski definition) is 0. The van der Waals surface area contributed by atoms with Crippen molar-refractivity contribution in [1.29, 1.82) is 0 Å². The summed E-state index contributed by atoms with van der Waals surface area (Å²) in [6.45, 7) is 0. The first-order valence-corrected chi connectivity index (χ1v) is 0. The molecule has 0 unspecified atom stereocenters. The Hall–Kier alpha value is 0.819. The third-order valence-corrected chi connectivity index (χ3v) is 0. The van der Waals surface area contributed by atoms with Crippen LogP contribution in [0.25, 0.3) is 0 Å². The van der Waals surface area contributed by atoms with E-state index < -0.39 is 0 Å². The molecule has 0 bridgehead atoms. The van der Waals surface area contributed by atoms with Crippen molar-refractivity contribution in [3.8, 4) is 0 Å². The Bertz CT molecular complexity index is 11.6. The predicted molar refractivity (Wildman–Crippen MR) is 25.3 cm³/mol. The maximum atomic E-state index is 0. The van der Waals surface area contributed by atoms with Crippen molar-refractivity contribution in [2.45, 2.75) is 0 Å². The van der Waals surface area contributed by atoms with Crippen LogP contribution in [-0.4, -0.2) is 38.3 Å². The molecule has 0 aromatic heterocycles. The summed E-state index contributed by atoms with van der Waals surface area (Å²) in [7, 11) is 0. The van der Waals surface area contributed by atoms with Gasteiger partial charge in [0.2, 0.25) is 0 Å². The third kappa shape index (κ3) is 803. The van der Waals surface area contributed by atoms with E-state index in [0.717, 1.165) is 0 Å². The molecule has 0 aliphatic heterocycles. The summed E-state index contributed by atoms with van der Waals surface area (Å²) in [4.78, 5) is 0. The fourth-order valence-electron chi connectivity index (χ4n) is 0. The van der Waals surface area contributed by atoms with Crippen molar-refractivity contribution < 1.29 is 80.2 Å². The summed E-state index contributed by atoms with van der Waals surface area (Å²) in [5, 5.41) is 0. The molecule has 10 heavy (non-hydrogen) atoms. The molecule has 0 aromatic carbocycles.